The number of nitrogens with zero attached hydrogens (tertiary/aromatic N) is 3. The average Bonchev–Trinajstić information content (AvgIpc) is 3.08. The van der Waals surface area contributed by atoms with E-state index in [1.165, 1.54) is 34.8 Å². The van der Waals surface area contributed by atoms with Crippen molar-refractivity contribution >= 4 is 53.0 Å². The lowest BCUT2D eigenvalue weighted by molar-refractivity contribution is 0.0793. The molecule has 0 aromatic carbocycles. The SMILES string of the molecule is CCNC(=NCC1(SCC)CCOCC1)N(C)Cc1nc2c(s1)CCCC2.I. The third-order valence-electron chi connectivity index (χ3n) is 5.33. The molecule has 0 radical (unpaired) electrons. The van der Waals surface area contributed by atoms with Crippen molar-refractivity contribution in [3.8, 4) is 0 Å². The highest BCUT2D eigenvalue weighted by Crippen LogP contribution is 2.35. The second-order valence-electron chi connectivity index (χ2n) is 7.44. The minimum atomic E-state index is 0. The Hall–Kier alpha value is -0.0600. The normalized spacial score (nSPS) is 18.9. The lowest BCUT2D eigenvalue weighted by atomic mass is 9.99. The number of fused-ring (bicyclic) bond motifs is 1. The van der Waals surface area contributed by atoms with Gasteiger partial charge < -0.3 is 15.0 Å². The maximum absolute atomic E-state index is 5.60. The number of rotatable bonds is 7. The summed E-state index contributed by atoms with van der Waals surface area (Å²) >= 11 is 3.95. The molecule has 1 saturated heterocycles. The summed E-state index contributed by atoms with van der Waals surface area (Å²) in [6.45, 7) is 8.67. The smallest absolute Gasteiger partial charge is 0.194 e. The van der Waals surface area contributed by atoms with E-state index in [1.54, 1.807) is 0 Å². The molecule has 1 aromatic rings. The summed E-state index contributed by atoms with van der Waals surface area (Å²) in [5.74, 6) is 2.13. The van der Waals surface area contributed by atoms with Crippen LogP contribution >= 0.6 is 47.1 Å². The molecule has 1 fully saturated rings. The molecule has 0 saturated carbocycles. The van der Waals surface area contributed by atoms with Crippen LogP contribution in [-0.4, -0.2) is 59.7 Å². The Balaban J connectivity index is 0.00000280. The van der Waals surface area contributed by atoms with Crippen molar-refractivity contribution in [1.82, 2.24) is 15.2 Å². The number of aryl methyl sites for hydroxylation is 2. The lowest BCUT2D eigenvalue weighted by Gasteiger charge is -2.35. The van der Waals surface area contributed by atoms with Crippen molar-refractivity contribution < 1.29 is 4.74 Å². The van der Waals surface area contributed by atoms with E-state index in [1.807, 2.05) is 23.1 Å². The zero-order chi connectivity index (χ0) is 19.1. The fraction of sp³-hybridized carbons (Fsp3) is 0.800. The van der Waals surface area contributed by atoms with E-state index in [0.717, 1.165) is 63.8 Å². The molecule has 0 unspecified atom stereocenters. The minimum absolute atomic E-state index is 0. The number of hydrogen-bond acceptors (Lipinski definition) is 5. The second kappa shape index (κ2) is 12.0. The van der Waals surface area contributed by atoms with Gasteiger partial charge in [0.1, 0.15) is 5.01 Å². The first-order chi connectivity index (χ1) is 13.2. The van der Waals surface area contributed by atoms with Crippen molar-refractivity contribution in [3.63, 3.8) is 0 Å². The molecule has 160 valence electrons. The third kappa shape index (κ3) is 6.47. The van der Waals surface area contributed by atoms with Crippen LogP contribution in [0.3, 0.4) is 0 Å². The molecular weight excluding hydrogens is 503 g/mol. The summed E-state index contributed by atoms with van der Waals surface area (Å²) in [5.41, 5.74) is 1.34. The van der Waals surface area contributed by atoms with E-state index in [-0.39, 0.29) is 28.7 Å². The highest BCUT2D eigenvalue weighted by atomic mass is 127. The molecule has 2 aliphatic rings. The van der Waals surface area contributed by atoms with Crippen LogP contribution < -0.4 is 5.32 Å². The summed E-state index contributed by atoms with van der Waals surface area (Å²) in [6, 6.07) is 0. The molecule has 0 spiro atoms. The number of hydrogen-bond donors (Lipinski definition) is 1. The lowest BCUT2D eigenvalue weighted by Crippen LogP contribution is -2.41. The quantitative estimate of drug-likeness (QED) is 0.318. The zero-order valence-electron chi connectivity index (χ0n) is 17.5. The summed E-state index contributed by atoms with van der Waals surface area (Å²) in [5, 5.41) is 4.70. The largest absolute Gasteiger partial charge is 0.381 e. The van der Waals surface area contributed by atoms with Gasteiger partial charge in [-0.3, -0.25) is 4.99 Å². The van der Waals surface area contributed by atoms with Crippen LogP contribution in [0.15, 0.2) is 4.99 Å². The molecule has 1 N–H and O–H groups in total. The van der Waals surface area contributed by atoms with Crippen molar-refractivity contribution in [2.75, 3.05) is 39.1 Å². The van der Waals surface area contributed by atoms with Crippen LogP contribution in [0.4, 0.5) is 0 Å². The van der Waals surface area contributed by atoms with Gasteiger partial charge in [0.2, 0.25) is 0 Å². The van der Waals surface area contributed by atoms with Gasteiger partial charge in [-0.1, -0.05) is 6.92 Å². The van der Waals surface area contributed by atoms with Gasteiger partial charge in [-0.05, 0) is 51.2 Å². The van der Waals surface area contributed by atoms with E-state index in [4.69, 9.17) is 14.7 Å². The fourth-order valence-electron chi connectivity index (χ4n) is 3.84. The van der Waals surface area contributed by atoms with Gasteiger partial charge in [0, 0.05) is 36.4 Å². The summed E-state index contributed by atoms with van der Waals surface area (Å²) in [4.78, 5) is 13.7. The van der Waals surface area contributed by atoms with E-state index < -0.39 is 0 Å². The Morgan fingerprint density at radius 1 is 1.29 bits per heavy atom. The predicted octanol–water partition coefficient (Wildman–Crippen LogP) is 4.34. The number of thioether (sulfide) groups is 1. The van der Waals surface area contributed by atoms with Crippen molar-refractivity contribution in [1.29, 1.82) is 0 Å². The topological polar surface area (TPSA) is 49.8 Å². The van der Waals surface area contributed by atoms with Crippen LogP contribution in [0.1, 0.15) is 55.1 Å². The Morgan fingerprint density at radius 2 is 2.04 bits per heavy atom. The monoisotopic (exact) mass is 538 g/mol. The third-order valence-corrected chi connectivity index (χ3v) is 7.91. The van der Waals surface area contributed by atoms with Crippen LogP contribution in [0.2, 0.25) is 0 Å². The number of aliphatic imine (C=N–C) groups is 1. The molecule has 1 aliphatic carbocycles. The summed E-state index contributed by atoms with van der Waals surface area (Å²) < 4.78 is 5.83. The van der Waals surface area contributed by atoms with Gasteiger partial charge in [0.15, 0.2) is 5.96 Å². The number of ether oxygens (including phenoxy) is 1. The first-order valence-electron chi connectivity index (χ1n) is 10.3. The average molecular weight is 539 g/mol. The molecular formula is C20H35IN4OS2. The highest BCUT2D eigenvalue weighted by molar-refractivity contribution is 14.0. The maximum atomic E-state index is 5.60. The molecule has 8 heteroatoms. The molecule has 0 amide bonds. The molecule has 28 heavy (non-hydrogen) atoms. The summed E-state index contributed by atoms with van der Waals surface area (Å²) in [7, 11) is 2.13. The van der Waals surface area contributed by atoms with Gasteiger partial charge >= 0.3 is 0 Å². The van der Waals surface area contributed by atoms with E-state index in [0.29, 0.717) is 0 Å². The molecule has 5 nitrogen and oxygen atoms in total. The number of halogens is 1. The molecule has 1 aliphatic heterocycles. The van der Waals surface area contributed by atoms with Crippen LogP contribution in [0.25, 0.3) is 0 Å². The Kier molecular flexibility index (Phi) is 10.3. The van der Waals surface area contributed by atoms with Gasteiger partial charge in [0.25, 0.3) is 0 Å². The molecule has 1 aromatic heterocycles. The zero-order valence-corrected chi connectivity index (χ0v) is 21.4. The van der Waals surface area contributed by atoms with Crippen molar-refractivity contribution in [2.24, 2.45) is 4.99 Å². The highest BCUT2D eigenvalue weighted by Gasteiger charge is 2.32. The minimum Gasteiger partial charge on any atom is -0.381 e. The Labute approximate surface area is 195 Å². The van der Waals surface area contributed by atoms with Crippen LogP contribution in [0, 0.1) is 0 Å². The maximum Gasteiger partial charge on any atom is 0.194 e. The second-order valence-corrected chi connectivity index (χ2v) is 10.3. The Morgan fingerprint density at radius 3 is 2.71 bits per heavy atom. The van der Waals surface area contributed by atoms with Gasteiger partial charge in [-0.25, -0.2) is 4.98 Å². The molecule has 3 rings (SSSR count). The predicted molar refractivity (Wildman–Crippen MR) is 133 cm³/mol. The fourth-order valence-corrected chi connectivity index (χ4v) is 6.27. The molecule has 0 bridgehead atoms. The first-order valence-corrected chi connectivity index (χ1v) is 12.1. The van der Waals surface area contributed by atoms with E-state index in [9.17, 15) is 0 Å². The standard InChI is InChI=1S/C20H34N4OS2.HI/c1-4-21-19(22-15-20(26-5-2)10-12-25-13-11-20)24(3)14-18-23-16-8-6-7-9-17(16)27-18;/h4-15H2,1-3H3,(H,21,22);1H. The van der Waals surface area contributed by atoms with Crippen LogP contribution in [-0.2, 0) is 24.1 Å². The molecule has 0 atom stereocenters. The van der Waals surface area contributed by atoms with E-state index >= 15 is 0 Å². The van der Waals surface area contributed by atoms with Crippen molar-refractivity contribution in [2.45, 2.75) is 63.7 Å². The van der Waals surface area contributed by atoms with E-state index in [2.05, 4.69) is 31.1 Å². The van der Waals surface area contributed by atoms with Crippen molar-refractivity contribution in [3.05, 3.63) is 15.6 Å². The van der Waals surface area contributed by atoms with Gasteiger partial charge in [-0.15, -0.1) is 35.3 Å². The number of thiazole rings is 1. The first kappa shape index (κ1) is 24.2. The van der Waals surface area contributed by atoms with Crippen LogP contribution in [0.5, 0.6) is 0 Å². The number of nitrogens with one attached hydrogen (secondary N) is 1. The number of aromatic nitrogens is 1. The van der Waals surface area contributed by atoms with Gasteiger partial charge in [-0.2, -0.15) is 11.8 Å². The molecule has 2 heterocycles. The summed E-state index contributed by atoms with van der Waals surface area (Å²) in [6.07, 6.45) is 7.16. The number of guanidine groups is 1. The van der Waals surface area contributed by atoms with Gasteiger partial charge in [0.05, 0.1) is 18.8 Å². The Bertz CT molecular complexity index is 603.